The first-order valence-corrected chi connectivity index (χ1v) is 6.49. The molecule has 1 rings (SSSR count). The van der Waals surface area contributed by atoms with Crippen LogP contribution in [-0.4, -0.2) is 38.2 Å². The molecule has 0 saturated heterocycles. The predicted molar refractivity (Wildman–Crippen MR) is 55.6 cm³/mol. The van der Waals surface area contributed by atoms with Gasteiger partial charge in [0.1, 0.15) is 0 Å². The van der Waals surface area contributed by atoms with Crippen molar-refractivity contribution in [1.82, 2.24) is 0 Å². The van der Waals surface area contributed by atoms with Crippen molar-refractivity contribution >= 4 is 9.84 Å². The molecule has 82 valence electrons. The zero-order chi connectivity index (χ0) is 11.0. The lowest BCUT2D eigenvalue weighted by molar-refractivity contribution is 0.170. The van der Waals surface area contributed by atoms with E-state index in [2.05, 4.69) is 6.58 Å². The number of nitrogens with two attached hydrogens (primary N) is 1. The number of rotatable bonds is 3. The molecule has 1 fully saturated rings. The van der Waals surface area contributed by atoms with E-state index in [0.717, 1.165) is 5.57 Å². The first kappa shape index (κ1) is 11.7. The summed E-state index contributed by atoms with van der Waals surface area (Å²) < 4.78 is 22.7. The summed E-state index contributed by atoms with van der Waals surface area (Å²) in [6.45, 7) is 3.95. The fourth-order valence-corrected chi connectivity index (χ4v) is 3.04. The standard InChI is InChI=1S/C9H17NO3S/c1-7-3-8(14(2,12)13)4-9(7,5-10)6-11/h8,11H,1,3-6,10H2,2H3/t8-,9+/m0/s1. The second-order valence-corrected chi connectivity index (χ2v) is 6.43. The third kappa shape index (κ3) is 1.85. The van der Waals surface area contributed by atoms with Gasteiger partial charge < -0.3 is 10.8 Å². The molecule has 1 saturated carbocycles. The molecular formula is C9H17NO3S. The molecule has 0 aromatic carbocycles. The Labute approximate surface area is 84.7 Å². The van der Waals surface area contributed by atoms with E-state index < -0.39 is 20.5 Å². The van der Waals surface area contributed by atoms with Crippen molar-refractivity contribution in [3.8, 4) is 0 Å². The number of sulfone groups is 1. The lowest BCUT2D eigenvalue weighted by atomic mass is 9.84. The third-order valence-corrected chi connectivity index (χ3v) is 4.69. The van der Waals surface area contributed by atoms with Gasteiger partial charge in [-0.15, -0.1) is 0 Å². The van der Waals surface area contributed by atoms with E-state index in [1.165, 1.54) is 6.26 Å². The normalized spacial score (nSPS) is 33.6. The highest BCUT2D eigenvalue weighted by atomic mass is 32.2. The lowest BCUT2D eigenvalue weighted by Gasteiger charge is -2.26. The monoisotopic (exact) mass is 219 g/mol. The van der Waals surface area contributed by atoms with Crippen LogP contribution in [0.1, 0.15) is 12.8 Å². The summed E-state index contributed by atoms with van der Waals surface area (Å²) in [4.78, 5) is 0. The Morgan fingerprint density at radius 3 is 2.50 bits per heavy atom. The average Bonchev–Trinajstić information content (AvgIpc) is 2.43. The molecule has 0 aromatic heterocycles. The van der Waals surface area contributed by atoms with Gasteiger partial charge in [0.2, 0.25) is 0 Å². The Morgan fingerprint density at radius 2 is 2.29 bits per heavy atom. The van der Waals surface area contributed by atoms with Crippen LogP contribution >= 0.6 is 0 Å². The molecule has 0 aromatic rings. The van der Waals surface area contributed by atoms with E-state index in [4.69, 9.17) is 5.73 Å². The summed E-state index contributed by atoms with van der Waals surface area (Å²) in [5.41, 5.74) is 5.75. The van der Waals surface area contributed by atoms with Gasteiger partial charge in [0.15, 0.2) is 9.84 Å². The van der Waals surface area contributed by atoms with E-state index >= 15 is 0 Å². The number of aliphatic hydroxyl groups is 1. The summed E-state index contributed by atoms with van der Waals surface area (Å²) in [5, 5.41) is 8.81. The first-order valence-electron chi connectivity index (χ1n) is 4.54. The average molecular weight is 219 g/mol. The number of aliphatic hydroxyl groups excluding tert-OH is 1. The van der Waals surface area contributed by atoms with Gasteiger partial charge in [-0.25, -0.2) is 8.42 Å². The van der Waals surface area contributed by atoms with E-state index in [1.54, 1.807) is 0 Å². The van der Waals surface area contributed by atoms with Gasteiger partial charge in [0, 0.05) is 18.2 Å². The zero-order valence-electron chi connectivity index (χ0n) is 8.36. The maximum absolute atomic E-state index is 11.3. The zero-order valence-corrected chi connectivity index (χ0v) is 9.18. The Kier molecular flexibility index (Phi) is 3.04. The predicted octanol–water partition coefficient (Wildman–Crippen LogP) is -0.313. The van der Waals surface area contributed by atoms with Gasteiger partial charge in [-0.3, -0.25) is 0 Å². The molecule has 0 radical (unpaired) electrons. The van der Waals surface area contributed by atoms with Crippen molar-refractivity contribution in [3.05, 3.63) is 12.2 Å². The molecule has 0 aliphatic heterocycles. The van der Waals surface area contributed by atoms with Crippen molar-refractivity contribution in [1.29, 1.82) is 0 Å². The summed E-state index contributed by atoms with van der Waals surface area (Å²) in [6.07, 6.45) is 2.04. The van der Waals surface area contributed by atoms with Crippen LogP contribution < -0.4 is 5.73 Å². The fourth-order valence-electron chi connectivity index (χ4n) is 1.91. The van der Waals surface area contributed by atoms with E-state index in [-0.39, 0.29) is 13.2 Å². The smallest absolute Gasteiger partial charge is 0.150 e. The molecule has 2 atom stereocenters. The highest BCUT2D eigenvalue weighted by Gasteiger charge is 2.44. The highest BCUT2D eigenvalue weighted by Crippen LogP contribution is 2.43. The second-order valence-electron chi connectivity index (χ2n) is 4.11. The van der Waals surface area contributed by atoms with Gasteiger partial charge in [0.05, 0.1) is 11.9 Å². The molecule has 3 N–H and O–H groups in total. The fraction of sp³-hybridized carbons (Fsp3) is 0.778. The van der Waals surface area contributed by atoms with Crippen LogP contribution in [-0.2, 0) is 9.84 Å². The minimum atomic E-state index is -3.05. The van der Waals surface area contributed by atoms with Crippen molar-refractivity contribution in [3.63, 3.8) is 0 Å². The van der Waals surface area contributed by atoms with Gasteiger partial charge >= 0.3 is 0 Å². The van der Waals surface area contributed by atoms with Crippen LogP contribution in [0, 0.1) is 5.41 Å². The molecule has 0 bridgehead atoms. The van der Waals surface area contributed by atoms with Crippen LogP contribution in [0.25, 0.3) is 0 Å². The van der Waals surface area contributed by atoms with Crippen molar-refractivity contribution in [2.75, 3.05) is 19.4 Å². The molecule has 0 amide bonds. The molecule has 5 heteroatoms. The van der Waals surface area contributed by atoms with E-state index in [0.29, 0.717) is 12.8 Å². The van der Waals surface area contributed by atoms with Gasteiger partial charge in [-0.05, 0) is 12.8 Å². The Bertz CT molecular complexity index is 330. The van der Waals surface area contributed by atoms with Crippen molar-refractivity contribution in [2.45, 2.75) is 18.1 Å². The van der Waals surface area contributed by atoms with Crippen LogP contribution in [0.5, 0.6) is 0 Å². The molecule has 1 aliphatic carbocycles. The minimum Gasteiger partial charge on any atom is -0.395 e. The quantitative estimate of drug-likeness (QED) is 0.638. The summed E-state index contributed by atoms with van der Waals surface area (Å²) in [7, 11) is -3.05. The summed E-state index contributed by atoms with van der Waals surface area (Å²) in [5.74, 6) is 0. The third-order valence-electron chi connectivity index (χ3n) is 3.14. The van der Waals surface area contributed by atoms with Gasteiger partial charge in [0.25, 0.3) is 0 Å². The number of hydrogen-bond acceptors (Lipinski definition) is 4. The van der Waals surface area contributed by atoms with E-state index in [9.17, 15) is 13.5 Å². The first-order chi connectivity index (χ1) is 6.35. The Balaban J connectivity index is 2.94. The van der Waals surface area contributed by atoms with Gasteiger partial charge in [-0.2, -0.15) is 0 Å². The molecule has 4 nitrogen and oxygen atoms in total. The highest BCUT2D eigenvalue weighted by molar-refractivity contribution is 7.91. The van der Waals surface area contributed by atoms with Crippen LogP contribution in [0.15, 0.2) is 12.2 Å². The number of hydrogen-bond donors (Lipinski definition) is 2. The molecule has 0 unspecified atom stereocenters. The maximum Gasteiger partial charge on any atom is 0.150 e. The van der Waals surface area contributed by atoms with Crippen molar-refractivity contribution < 1.29 is 13.5 Å². The van der Waals surface area contributed by atoms with E-state index in [1.807, 2.05) is 0 Å². The molecule has 14 heavy (non-hydrogen) atoms. The topological polar surface area (TPSA) is 80.4 Å². The summed E-state index contributed by atoms with van der Waals surface area (Å²) >= 11 is 0. The largest absolute Gasteiger partial charge is 0.395 e. The van der Waals surface area contributed by atoms with Gasteiger partial charge in [-0.1, -0.05) is 12.2 Å². The molecule has 0 spiro atoms. The van der Waals surface area contributed by atoms with Crippen LogP contribution in [0.2, 0.25) is 0 Å². The Hall–Kier alpha value is -0.390. The van der Waals surface area contributed by atoms with Crippen molar-refractivity contribution in [2.24, 2.45) is 11.1 Å². The second kappa shape index (κ2) is 3.64. The molecule has 1 aliphatic rings. The lowest BCUT2D eigenvalue weighted by Crippen LogP contribution is -2.34. The SMILES string of the molecule is C=C1C[C@H](S(C)(=O)=O)C[C@@]1(CN)CO. The van der Waals surface area contributed by atoms with Crippen LogP contribution in [0.3, 0.4) is 0 Å². The van der Waals surface area contributed by atoms with Crippen LogP contribution in [0.4, 0.5) is 0 Å². The molecule has 0 heterocycles. The molecular weight excluding hydrogens is 202 g/mol. The Morgan fingerprint density at radius 1 is 1.71 bits per heavy atom. The summed E-state index contributed by atoms with van der Waals surface area (Å²) in [6, 6.07) is 0. The maximum atomic E-state index is 11.3. The minimum absolute atomic E-state index is 0.117.